The van der Waals surface area contributed by atoms with Gasteiger partial charge in [0.15, 0.2) is 5.78 Å². The Morgan fingerprint density at radius 1 is 1.00 bits per heavy atom. The number of benzene rings is 1. The Balaban J connectivity index is 3.18. The van der Waals surface area contributed by atoms with Crippen LogP contribution in [0.1, 0.15) is 37.6 Å². The number of non-ortho nitro benzene ring substituents is 2. The molecule has 0 aliphatic rings. The summed E-state index contributed by atoms with van der Waals surface area (Å²) in [6, 6.07) is 2.64. The average Bonchev–Trinajstić information content (AvgIpc) is 2.36. The van der Waals surface area contributed by atoms with E-state index in [9.17, 15) is 29.8 Å². The maximum atomic E-state index is 12.0. The lowest BCUT2D eigenvalue weighted by atomic mass is 9.87. The summed E-state index contributed by atoms with van der Waals surface area (Å²) < 4.78 is 0. The first kappa shape index (κ1) is 16.4. The number of carbonyl (C=O) groups is 2. The van der Waals surface area contributed by atoms with Crippen molar-refractivity contribution in [2.24, 2.45) is 5.41 Å². The van der Waals surface area contributed by atoms with Gasteiger partial charge in [-0.3, -0.25) is 29.8 Å². The van der Waals surface area contributed by atoms with Crippen LogP contribution in [0.2, 0.25) is 0 Å². The van der Waals surface area contributed by atoms with Crippen LogP contribution >= 0.6 is 0 Å². The molecule has 0 atom stereocenters. The molecule has 0 fully saturated rings. The minimum absolute atomic E-state index is 0.214. The molecular formula is C13H14N2O6. The van der Waals surface area contributed by atoms with E-state index in [-0.39, 0.29) is 11.3 Å². The molecule has 1 aromatic carbocycles. The summed E-state index contributed by atoms with van der Waals surface area (Å²) in [5, 5.41) is 21.5. The lowest BCUT2D eigenvalue weighted by molar-refractivity contribution is -0.394. The number of nitro benzene ring substituents is 2. The molecular weight excluding hydrogens is 280 g/mol. The Kier molecular flexibility index (Phi) is 4.52. The van der Waals surface area contributed by atoms with E-state index in [1.54, 1.807) is 20.8 Å². The van der Waals surface area contributed by atoms with E-state index in [1.807, 2.05) is 0 Å². The molecule has 8 heteroatoms. The van der Waals surface area contributed by atoms with Gasteiger partial charge in [0.1, 0.15) is 5.78 Å². The van der Waals surface area contributed by atoms with Gasteiger partial charge < -0.3 is 0 Å². The van der Waals surface area contributed by atoms with Crippen molar-refractivity contribution >= 4 is 22.9 Å². The van der Waals surface area contributed by atoms with Crippen molar-refractivity contribution in [3.8, 4) is 0 Å². The van der Waals surface area contributed by atoms with Crippen LogP contribution in [0.4, 0.5) is 11.4 Å². The summed E-state index contributed by atoms with van der Waals surface area (Å²) in [6.45, 7) is 4.91. The molecule has 0 N–H and O–H groups in total. The monoisotopic (exact) mass is 294 g/mol. The first-order valence-corrected chi connectivity index (χ1v) is 6.02. The highest BCUT2D eigenvalue weighted by Gasteiger charge is 2.26. The Bertz CT molecular complexity index is 598. The van der Waals surface area contributed by atoms with Crippen molar-refractivity contribution in [2.45, 2.75) is 27.2 Å². The lowest BCUT2D eigenvalue weighted by Gasteiger charge is -2.15. The second kappa shape index (κ2) is 5.78. The molecule has 0 radical (unpaired) electrons. The molecule has 8 nitrogen and oxygen atoms in total. The van der Waals surface area contributed by atoms with Crippen molar-refractivity contribution in [2.75, 3.05) is 0 Å². The molecule has 21 heavy (non-hydrogen) atoms. The van der Waals surface area contributed by atoms with Crippen LogP contribution in [0.5, 0.6) is 0 Å². The molecule has 0 saturated heterocycles. The number of nitro groups is 2. The van der Waals surface area contributed by atoms with E-state index in [0.29, 0.717) is 0 Å². The number of ketones is 2. The highest BCUT2D eigenvalue weighted by molar-refractivity contribution is 6.09. The van der Waals surface area contributed by atoms with Crippen LogP contribution < -0.4 is 0 Å². The van der Waals surface area contributed by atoms with Crippen molar-refractivity contribution in [1.29, 1.82) is 0 Å². The Hall–Kier alpha value is -2.64. The van der Waals surface area contributed by atoms with Gasteiger partial charge in [0, 0.05) is 23.1 Å². The van der Waals surface area contributed by atoms with Gasteiger partial charge in [-0.15, -0.1) is 0 Å². The summed E-state index contributed by atoms with van der Waals surface area (Å²) in [5.41, 5.74) is -2.07. The van der Waals surface area contributed by atoms with Crippen LogP contribution in [0, 0.1) is 25.6 Å². The van der Waals surface area contributed by atoms with E-state index in [2.05, 4.69) is 0 Å². The number of Topliss-reactive ketones (excluding diaryl/α,β-unsaturated/α-hetero) is 2. The third kappa shape index (κ3) is 4.16. The SMILES string of the molecule is CC(C)(C)C(=O)CC(=O)c1cc([N+](=O)[O-])cc([N+](=O)[O-])c1. The van der Waals surface area contributed by atoms with Crippen molar-refractivity contribution in [3.05, 3.63) is 44.0 Å². The molecule has 0 amide bonds. The second-order valence-corrected chi connectivity index (χ2v) is 5.53. The topological polar surface area (TPSA) is 120 Å². The zero-order valence-corrected chi connectivity index (χ0v) is 11.8. The van der Waals surface area contributed by atoms with Crippen molar-refractivity contribution < 1.29 is 19.4 Å². The van der Waals surface area contributed by atoms with Gasteiger partial charge in [0.25, 0.3) is 11.4 Å². The van der Waals surface area contributed by atoms with E-state index in [4.69, 9.17) is 0 Å². The summed E-state index contributed by atoms with van der Waals surface area (Å²) in [5.74, 6) is -1.02. The normalized spacial score (nSPS) is 11.0. The van der Waals surface area contributed by atoms with Crippen LogP contribution in [0.15, 0.2) is 18.2 Å². The molecule has 0 aromatic heterocycles. The number of rotatable bonds is 5. The van der Waals surface area contributed by atoms with E-state index in [0.717, 1.165) is 18.2 Å². The van der Waals surface area contributed by atoms with Gasteiger partial charge in [0.05, 0.1) is 22.3 Å². The molecule has 112 valence electrons. The predicted octanol–water partition coefficient (Wildman–Crippen LogP) is 2.69. The Morgan fingerprint density at radius 2 is 1.43 bits per heavy atom. The molecule has 0 aliphatic heterocycles. The van der Waals surface area contributed by atoms with Crippen molar-refractivity contribution in [1.82, 2.24) is 0 Å². The van der Waals surface area contributed by atoms with Crippen molar-refractivity contribution in [3.63, 3.8) is 0 Å². The smallest absolute Gasteiger partial charge is 0.277 e. The molecule has 1 aromatic rings. The largest absolute Gasteiger partial charge is 0.299 e. The molecule has 0 saturated carbocycles. The third-order valence-electron chi connectivity index (χ3n) is 2.80. The zero-order valence-electron chi connectivity index (χ0n) is 11.8. The Labute approximate surface area is 120 Å². The number of hydrogen-bond acceptors (Lipinski definition) is 6. The summed E-state index contributed by atoms with van der Waals surface area (Å²) in [7, 11) is 0. The Morgan fingerprint density at radius 3 is 1.76 bits per heavy atom. The van der Waals surface area contributed by atoms with Gasteiger partial charge in [-0.1, -0.05) is 20.8 Å². The fourth-order valence-electron chi connectivity index (χ4n) is 1.48. The second-order valence-electron chi connectivity index (χ2n) is 5.53. The minimum atomic E-state index is -0.824. The molecule has 1 rings (SSSR count). The molecule has 0 spiro atoms. The number of nitrogens with zero attached hydrogens (tertiary/aromatic N) is 2. The van der Waals surface area contributed by atoms with Crippen LogP contribution in [0.3, 0.4) is 0 Å². The van der Waals surface area contributed by atoms with Gasteiger partial charge in [-0.05, 0) is 0 Å². The molecule has 0 heterocycles. The van der Waals surface area contributed by atoms with Gasteiger partial charge in [-0.25, -0.2) is 0 Å². The highest BCUT2D eigenvalue weighted by Crippen LogP contribution is 2.25. The van der Waals surface area contributed by atoms with Crippen LogP contribution in [-0.4, -0.2) is 21.4 Å². The maximum absolute atomic E-state index is 12.0. The first-order chi connectivity index (χ1) is 9.52. The van der Waals surface area contributed by atoms with Gasteiger partial charge in [-0.2, -0.15) is 0 Å². The molecule has 0 bridgehead atoms. The van der Waals surface area contributed by atoms with Crippen LogP contribution in [0.25, 0.3) is 0 Å². The van der Waals surface area contributed by atoms with Crippen LogP contribution in [-0.2, 0) is 4.79 Å². The predicted molar refractivity (Wildman–Crippen MR) is 73.2 cm³/mol. The third-order valence-corrected chi connectivity index (χ3v) is 2.80. The fourth-order valence-corrected chi connectivity index (χ4v) is 1.48. The quantitative estimate of drug-likeness (QED) is 0.356. The van der Waals surface area contributed by atoms with E-state index < -0.39 is 38.8 Å². The standard InChI is InChI=1S/C13H14N2O6/c1-13(2,3)12(17)7-11(16)8-4-9(14(18)19)6-10(5-8)15(20)21/h4-6H,7H2,1-3H3. The summed E-state index contributed by atoms with van der Waals surface area (Å²) >= 11 is 0. The summed E-state index contributed by atoms with van der Waals surface area (Å²) in [6.07, 6.45) is -0.457. The maximum Gasteiger partial charge on any atom is 0.277 e. The fraction of sp³-hybridized carbons (Fsp3) is 0.385. The summed E-state index contributed by atoms with van der Waals surface area (Å²) in [4.78, 5) is 43.6. The highest BCUT2D eigenvalue weighted by atomic mass is 16.6. The van der Waals surface area contributed by atoms with Gasteiger partial charge in [0.2, 0.25) is 0 Å². The average molecular weight is 294 g/mol. The first-order valence-electron chi connectivity index (χ1n) is 6.02. The zero-order chi connectivity index (χ0) is 16.4. The molecule has 0 unspecified atom stereocenters. The molecule has 0 aliphatic carbocycles. The lowest BCUT2D eigenvalue weighted by Crippen LogP contribution is -2.23. The number of carbonyl (C=O) groups excluding carboxylic acids is 2. The van der Waals surface area contributed by atoms with E-state index >= 15 is 0 Å². The van der Waals surface area contributed by atoms with Gasteiger partial charge >= 0.3 is 0 Å². The minimum Gasteiger partial charge on any atom is -0.299 e. The number of hydrogen-bond donors (Lipinski definition) is 0. The van der Waals surface area contributed by atoms with E-state index in [1.165, 1.54) is 0 Å².